The fourth-order valence-corrected chi connectivity index (χ4v) is 5.83. The van der Waals surface area contributed by atoms with Crippen molar-refractivity contribution in [2.45, 2.75) is 51.0 Å². The number of rotatable bonds is 17. The minimum atomic E-state index is -0.243. The van der Waals surface area contributed by atoms with Gasteiger partial charge in [-0.2, -0.15) is 0 Å². The molecule has 0 N–H and O–H groups in total. The quantitative estimate of drug-likeness (QED) is 0.103. The highest BCUT2D eigenvalue weighted by Gasteiger charge is 2.40. The van der Waals surface area contributed by atoms with Crippen LogP contribution in [0.25, 0.3) is 0 Å². The van der Waals surface area contributed by atoms with Crippen LogP contribution in [0.4, 0.5) is 0 Å². The Labute approximate surface area is 261 Å². The van der Waals surface area contributed by atoms with Gasteiger partial charge in [0, 0.05) is 37.7 Å². The standard InChI is InChI=1S/C34H48NO9/c1-35(16-12-18-44-33(37)14-11-9-8-10-13-32(36)42-6)17-15-25-22-28(38-2)29(39-3)23-26(25)27(35)19-24-20-30(40-4)34(43-7)31(21-24)41-5/h8-9,20-23,27H,10-19H2,1-7H3/q+1/b9-8+/t27-,35+/m1/s1. The Bertz CT molecular complexity index is 1270. The molecular weight excluding hydrogens is 566 g/mol. The van der Waals surface area contributed by atoms with Crippen molar-refractivity contribution in [3.05, 3.63) is 53.1 Å². The van der Waals surface area contributed by atoms with E-state index in [-0.39, 0.29) is 18.0 Å². The highest BCUT2D eigenvalue weighted by molar-refractivity contribution is 5.70. The number of benzene rings is 2. The molecule has 1 aliphatic heterocycles. The van der Waals surface area contributed by atoms with Crippen molar-refractivity contribution in [3.8, 4) is 28.7 Å². The van der Waals surface area contributed by atoms with Gasteiger partial charge < -0.3 is 37.6 Å². The maximum atomic E-state index is 12.3. The summed E-state index contributed by atoms with van der Waals surface area (Å²) in [7, 11) is 11.8. The lowest BCUT2D eigenvalue weighted by molar-refractivity contribution is -0.941. The van der Waals surface area contributed by atoms with Crippen molar-refractivity contribution in [1.29, 1.82) is 0 Å². The summed E-state index contributed by atoms with van der Waals surface area (Å²) in [6, 6.07) is 8.29. The largest absolute Gasteiger partial charge is 0.493 e. The normalized spacial score (nSPS) is 17.5. The van der Waals surface area contributed by atoms with E-state index in [2.05, 4.69) is 23.9 Å². The number of fused-ring (bicyclic) bond motifs is 1. The molecule has 2 aromatic carbocycles. The Morgan fingerprint density at radius 1 is 0.795 bits per heavy atom. The average Bonchev–Trinajstić information content (AvgIpc) is 3.04. The molecule has 242 valence electrons. The summed E-state index contributed by atoms with van der Waals surface area (Å²) in [6.07, 6.45) is 7.94. The van der Waals surface area contributed by atoms with E-state index in [0.29, 0.717) is 55.3 Å². The number of ether oxygens (including phenoxy) is 7. The topological polar surface area (TPSA) is 98.8 Å². The number of carbonyl (C=O) groups excluding carboxylic acids is 2. The number of likely N-dealkylation sites (N-methyl/N-ethyl adjacent to an activating group) is 1. The lowest BCUT2D eigenvalue weighted by atomic mass is 9.86. The molecule has 0 spiro atoms. The Hall–Kier alpha value is -3.92. The van der Waals surface area contributed by atoms with Gasteiger partial charge in [0.05, 0.1) is 69.4 Å². The first-order chi connectivity index (χ1) is 21.2. The van der Waals surface area contributed by atoms with Gasteiger partial charge in [0.25, 0.3) is 0 Å². The SMILES string of the molecule is COC(=O)CC/C=C/CCC(=O)OCCC[N@@+]1(C)CCc2cc(OC)c(OC)cc2[C@H]1Cc1cc(OC)c(OC)c(OC)c1. The molecule has 0 saturated heterocycles. The van der Waals surface area contributed by atoms with Crippen LogP contribution >= 0.6 is 0 Å². The van der Waals surface area contributed by atoms with Gasteiger partial charge in [-0.3, -0.25) is 9.59 Å². The zero-order valence-corrected chi connectivity index (χ0v) is 27.2. The monoisotopic (exact) mass is 614 g/mol. The molecule has 0 bridgehead atoms. The molecule has 0 amide bonds. The van der Waals surface area contributed by atoms with Crippen molar-refractivity contribution in [1.82, 2.24) is 0 Å². The predicted octanol–water partition coefficient (Wildman–Crippen LogP) is 5.24. The van der Waals surface area contributed by atoms with Crippen LogP contribution in [-0.2, 0) is 31.9 Å². The number of nitrogens with zero attached hydrogens (tertiary/aromatic N) is 1. The van der Waals surface area contributed by atoms with E-state index in [0.717, 1.165) is 48.1 Å². The van der Waals surface area contributed by atoms with Crippen molar-refractivity contribution in [2.24, 2.45) is 0 Å². The summed E-state index contributed by atoms with van der Waals surface area (Å²) < 4.78 is 39.1. The first kappa shape index (κ1) is 34.6. The smallest absolute Gasteiger partial charge is 0.306 e. The number of methoxy groups -OCH3 is 6. The summed E-state index contributed by atoms with van der Waals surface area (Å²) in [5.41, 5.74) is 3.51. The first-order valence-electron chi connectivity index (χ1n) is 15.0. The zero-order valence-electron chi connectivity index (χ0n) is 27.2. The van der Waals surface area contributed by atoms with Gasteiger partial charge in [-0.15, -0.1) is 0 Å². The minimum absolute atomic E-state index is 0.0900. The molecule has 0 aromatic heterocycles. The summed E-state index contributed by atoms with van der Waals surface area (Å²) in [5, 5.41) is 0. The molecule has 0 unspecified atom stereocenters. The van der Waals surface area contributed by atoms with Crippen molar-refractivity contribution in [2.75, 3.05) is 69.4 Å². The number of hydrogen-bond donors (Lipinski definition) is 0. The van der Waals surface area contributed by atoms with Gasteiger partial charge in [-0.25, -0.2) is 0 Å². The van der Waals surface area contributed by atoms with E-state index in [1.807, 2.05) is 24.3 Å². The Balaban J connectivity index is 1.74. The summed E-state index contributed by atoms with van der Waals surface area (Å²) in [6.45, 7) is 2.10. The molecular formula is C34H48NO9+. The molecule has 2 aromatic rings. The number of allylic oxidation sites excluding steroid dienone is 2. The third kappa shape index (κ3) is 8.81. The average molecular weight is 615 g/mol. The van der Waals surface area contributed by atoms with E-state index in [1.165, 1.54) is 18.2 Å². The molecule has 10 heteroatoms. The van der Waals surface area contributed by atoms with Crippen LogP contribution in [0.2, 0.25) is 0 Å². The number of esters is 2. The first-order valence-corrected chi connectivity index (χ1v) is 15.0. The summed E-state index contributed by atoms with van der Waals surface area (Å²) in [5.74, 6) is 2.74. The number of carbonyl (C=O) groups is 2. The van der Waals surface area contributed by atoms with Gasteiger partial charge in [-0.05, 0) is 48.2 Å². The fourth-order valence-electron chi connectivity index (χ4n) is 5.83. The second-order valence-corrected chi connectivity index (χ2v) is 11.0. The molecule has 0 aliphatic carbocycles. The fraction of sp³-hybridized carbons (Fsp3) is 0.529. The number of quaternary nitrogens is 1. The summed E-state index contributed by atoms with van der Waals surface area (Å²) >= 11 is 0. The van der Waals surface area contributed by atoms with Crippen molar-refractivity contribution < 1.29 is 47.2 Å². The molecule has 10 nitrogen and oxygen atoms in total. The third-order valence-corrected chi connectivity index (χ3v) is 8.30. The van der Waals surface area contributed by atoms with Crippen LogP contribution in [0.15, 0.2) is 36.4 Å². The maximum absolute atomic E-state index is 12.3. The molecule has 0 radical (unpaired) electrons. The highest BCUT2D eigenvalue weighted by Crippen LogP contribution is 2.44. The molecule has 0 fully saturated rings. The van der Waals surface area contributed by atoms with Gasteiger partial charge >= 0.3 is 11.9 Å². The molecule has 2 atom stereocenters. The van der Waals surface area contributed by atoms with E-state index in [1.54, 1.807) is 35.5 Å². The van der Waals surface area contributed by atoms with Crippen LogP contribution in [0.3, 0.4) is 0 Å². The van der Waals surface area contributed by atoms with Crippen LogP contribution in [0, 0.1) is 0 Å². The van der Waals surface area contributed by atoms with Crippen LogP contribution in [0.5, 0.6) is 28.7 Å². The van der Waals surface area contributed by atoms with E-state index < -0.39 is 0 Å². The molecule has 3 rings (SSSR count). The Morgan fingerprint density at radius 3 is 1.95 bits per heavy atom. The van der Waals surface area contributed by atoms with E-state index >= 15 is 0 Å². The minimum Gasteiger partial charge on any atom is -0.493 e. The maximum Gasteiger partial charge on any atom is 0.306 e. The van der Waals surface area contributed by atoms with E-state index in [4.69, 9.17) is 28.4 Å². The van der Waals surface area contributed by atoms with Gasteiger partial charge in [0.15, 0.2) is 23.0 Å². The van der Waals surface area contributed by atoms with Crippen LogP contribution in [-0.4, -0.2) is 85.8 Å². The zero-order chi connectivity index (χ0) is 32.1. The highest BCUT2D eigenvalue weighted by atomic mass is 16.5. The van der Waals surface area contributed by atoms with Crippen molar-refractivity contribution in [3.63, 3.8) is 0 Å². The van der Waals surface area contributed by atoms with Gasteiger partial charge in [0.1, 0.15) is 6.04 Å². The summed E-state index contributed by atoms with van der Waals surface area (Å²) in [4.78, 5) is 23.5. The molecule has 0 saturated carbocycles. The Morgan fingerprint density at radius 2 is 1.39 bits per heavy atom. The third-order valence-electron chi connectivity index (χ3n) is 8.30. The number of hydrogen-bond acceptors (Lipinski definition) is 9. The predicted molar refractivity (Wildman–Crippen MR) is 167 cm³/mol. The molecule has 1 heterocycles. The molecule has 44 heavy (non-hydrogen) atoms. The van der Waals surface area contributed by atoms with Crippen LogP contribution < -0.4 is 23.7 Å². The second-order valence-electron chi connectivity index (χ2n) is 11.0. The van der Waals surface area contributed by atoms with Gasteiger partial charge in [0.2, 0.25) is 5.75 Å². The Kier molecular flexibility index (Phi) is 13.2. The van der Waals surface area contributed by atoms with Crippen molar-refractivity contribution >= 4 is 11.9 Å². The van der Waals surface area contributed by atoms with Gasteiger partial charge in [-0.1, -0.05) is 12.2 Å². The van der Waals surface area contributed by atoms with E-state index in [9.17, 15) is 9.59 Å². The lowest BCUT2D eigenvalue weighted by Crippen LogP contribution is -2.52. The molecule has 1 aliphatic rings. The van der Waals surface area contributed by atoms with Crippen LogP contribution in [0.1, 0.15) is 54.8 Å². The second kappa shape index (κ2) is 16.8. The lowest BCUT2D eigenvalue weighted by Gasteiger charge is -2.46.